The average molecular weight is 398 g/mol. The van der Waals surface area contributed by atoms with Crippen molar-refractivity contribution in [3.05, 3.63) is 89.2 Å². The van der Waals surface area contributed by atoms with Crippen LogP contribution in [0.2, 0.25) is 0 Å². The summed E-state index contributed by atoms with van der Waals surface area (Å²) >= 11 is 0. The van der Waals surface area contributed by atoms with Crippen molar-refractivity contribution < 1.29 is 9.59 Å². The van der Waals surface area contributed by atoms with Gasteiger partial charge in [-0.1, -0.05) is 18.2 Å². The number of fused-ring (bicyclic) bond motifs is 2. The fraction of sp³-hybridized carbons (Fsp3) is 0.250. The van der Waals surface area contributed by atoms with Gasteiger partial charge in [0, 0.05) is 41.7 Å². The van der Waals surface area contributed by atoms with E-state index in [0.717, 1.165) is 42.5 Å². The van der Waals surface area contributed by atoms with Gasteiger partial charge >= 0.3 is 0 Å². The first-order valence-corrected chi connectivity index (χ1v) is 10.3. The van der Waals surface area contributed by atoms with E-state index in [1.807, 2.05) is 35.0 Å². The molecule has 3 aliphatic rings. The monoisotopic (exact) mass is 398 g/mol. The van der Waals surface area contributed by atoms with Crippen molar-refractivity contribution in [1.82, 2.24) is 14.9 Å². The Hall–Kier alpha value is -3.54. The van der Waals surface area contributed by atoms with Gasteiger partial charge in [0.1, 0.15) is 0 Å². The van der Waals surface area contributed by atoms with E-state index in [1.54, 1.807) is 24.7 Å². The highest BCUT2D eigenvalue weighted by Gasteiger charge is 2.33. The first-order valence-electron chi connectivity index (χ1n) is 10.3. The summed E-state index contributed by atoms with van der Waals surface area (Å²) in [5.74, 6) is -0.185. The number of rotatable bonds is 3. The van der Waals surface area contributed by atoms with Crippen molar-refractivity contribution in [3.63, 3.8) is 0 Å². The molecule has 0 bridgehead atoms. The zero-order valence-electron chi connectivity index (χ0n) is 16.5. The number of benzene rings is 1. The van der Waals surface area contributed by atoms with Crippen molar-refractivity contribution in [2.75, 3.05) is 0 Å². The number of nitrogens with one attached hydrogen (secondary N) is 1. The van der Waals surface area contributed by atoms with Gasteiger partial charge in [-0.3, -0.25) is 9.59 Å². The molecule has 5 rings (SSSR count). The summed E-state index contributed by atoms with van der Waals surface area (Å²) in [6.45, 7) is 0.705. The molecule has 0 spiro atoms. The molecule has 2 amide bonds. The van der Waals surface area contributed by atoms with Crippen molar-refractivity contribution >= 4 is 17.5 Å². The summed E-state index contributed by atoms with van der Waals surface area (Å²) in [7, 11) is 0. The summed E-state index contributed by atoms with van der Waals surface area (Å²) in [5.41, 5.74) is 5.18. The fourth-order valence-electron chi connectivity index (χ4n) is 4.35. The fourth-order valence-corrected chi connectivity index (χ4v) is 4.35. The SMILES string of the molecule is O=C1NC2=CC(=NC(=O)c3ccc(Cn4ccnc4)cc3)C=CC2C2=C1CCCC2. The third-order valence-electron chi connectivity index (χ3n) is 5.87. The minimum atomic E-state index is -0.293. The maximum absolute atomic E-state index is 12.6. The van der Waals surface area contributed by atoms with Crippen molar-refractivity contribution in [1.29, 1.82) is 0 Å². The Balaban J connectivity index is 1.33. The zero-order chi connectivity index (χ0) is 20.5. The van der Waals surface area contributed by atoms with Crippen molar-refractivity contribution in [3.8, 4) is 0 Å². The van der Waals surface area contributed by atoms with Crippen LogP contribution in [0.15, 0.2) is 83.1 Å². The lowest BCUT2D eigenvalue weighted by Gasteiger charge is -2.33. The molecule has 0 saturated carbocycles. The van der Waals surface area contributed by atoms with Gasteiger partial charge in [-0.2, -0.15) is 0 Å². The smallest absolute Gasteiger partial charge is 0.277 e. The molecule has 150 valence electrons. The number of carbonyl (C=O) groups excluding carboxylic acids is 2. The molecule has 1 atom stereocenters. The molecule has 2 heterocycles. The van der Waals surface area contributed by atoms with Gasteiger partial charge in [0.15, 0.2) is 0 Å². The average Bonchev–Trinajstić information content (AvgIpc) is 3.27. The summed E-state index contributed by atoms with van der Waals surface area (Å²) in [6, 6.07) is 7.44. The van der Waals surface area contributed by atoms with E-state index >= 15 is 0 Å². The Morgan fingerprint density at radius 2 is 2.03 bits per heavy atom. The van der Waals surface area contributed by atoms with Gasteiger partial charge in [0.05, 0.1) is 12.0 Å². The van der Waals surface area contributed by atoms with Gasteiger partial charge in [-0.25, -0.2) is 9.98 Å². The van der Waals surface area contributed by atoms with Crippen LogP contribution in [0.3, 0.4) is 0 Å². The number of imidazole rings is 1. The molecule has 1 unspecified atom stereocenters. The summed E-state index contributed by atoms with van der Waals surface area (Å²) in [4.78, 5) is 33.4. The minimum absolute atomic E-state index is 0.00153. The van der Waals surface area contributed by atoms with Gasteiger partial charge < -0.3 is 9.88 Å². The Morgan fingerprint density at radius 3 is 2.83 bits per heavy atom. The molecule has 1 aromatic carbocycles. The van der Waals surface area contributed by atoms with Crippen LogP contribution < -0.4 is 5.32 Å². The third kappa shape index (κ3) is 3.56. The highest BCUT2D eigenvalue weighted by Crippen LogP contribution is 2.38. The Bertz CT molecular complexity index is 1120. The van der Waals surface area contributed by atoms with Gasteiger partial charge in [0.2, 0.25) is 0 Å². The number of amides is 2. The molecule has 30 heavy (non-hydrogen) atoms. The van der Waals surface area contributed by atoms with E-state index in [9.17, 15) is 9.59 Å². The molecule has 6 nitrogen and oxygen atoms in total. The molecular weight excluding hydrogens is 376 g/mol. The van der Waals surface area contributed by atoms with Crippen molar-refractivity contribution in [2.24, 2.45) is 10.9 Å². The second-order valence-electron chi connectivity index (χ2n) is 7.88. The Morgan fingerprint density at radius 1 is 1.20 bits per heavy atom. The van der Waals surface area contributed by atoms with E-state index in [1.165, 1.54) is 5.57 Å². The quantitative estimate of drug-likeness (QED) is 0.859. The number of aromatic nitrogens is 2. The molecule has 0 saturated heterocycles. The molecule has 6 heteroatoms. The van der Waals surface area contributed by atoms with Gasteiger partial charge in [-0.15, -0.1) is 0 Å². The van der Waals surface area contributed by atoms with Crippen LogP contribution in [0.25, 0.3) is 0 Å². The van der Waals surface area contributed by atoms with Crippen LogP contribution in [0.4, 0.5) is 0 Å². The van der Waals surface area contributed by atoms with Crippen LogP contribution in [-0.4, -0.2) is 27.1 Å². The first kappa shape index (κ1) is 18.5. The maximum atomic E-state index is 12.6. The summed E-state index contributed by atoms with van der Waals surface area (Å²) in [6.07, 6.45) is 15.2. The number of hydrogen-bond donors (Lipinski definition) is 1. The largest absolute Gasteiger partial charge is 0.333 e. The van der Waals surface area contributed by atoms with Crippen LogP contribution in [0, 0.1) is 5.92 Å². The molecule has 2 aliphatic carbocycles. The lowest BCUT2D eigenvalue weighted by molar-refractivity contribution is -0.117. The number of allylic oxidation sites excluding steroid dienone is 3. The Labute approximate surface area is 174 Å². The van der Waals surface area contributed by atoms with Crippen LogP contribution in [-0.2, 0) is 11.3 Å². The number of carbonyl (C=O) groups is 2. The van der Waals surface area contributed by atoms with E-state index in [4.69, 9.17) is 0 Å². The topological polar surface area (TPSA) is 76.3 Å². The molecule has 2 aromatic rings. The van der Waals surface area contributed by atoms with Crippen LogP contribution in [0.5, 0.6) is 0 Å². The predicted octanol–water partition coefficient (Wildman–Crippen LogP) is 3.58. The van der Waals surface area contributed by atoms with Gasteiger partial charge in [-0.05, 0) is 61.1 Å². The first-order chi connectivity index (χ1) is 14.7. The summed E-state index contributed by atoms with van der Waals surface area (Å²) in [5, 5.41) is 3.00. The zero-order valence-corrected chi connectivity index (χ0v) is 16.5. The lowest BCUT2D eigenvalue weighted by atomic mass is 9.77. The highest BCUT2D eigenvalue weighted by atomic mass is 16.2. The number of aliphatic imine (C=N–C) groups is 1. The second-order valence-corrected chi connectivity index (χ2v) is 7.88. The van der Waals surface area contributed by atoms with E-state index < -0.39 is 0 Å². The van der Waals surface area contributed by atoms with E-state index in [0.29, 0.717) is 17.8 Å². The van der Waals surface area contributed by atoms with Crippen LogP contribution >= 0.6 is 0 Å². The van der Waals surface area contributed by atoms with Gasteiger partial charge in [0.25, 0.3) is 11.8 Å². The molecule has 1 aromatic heterocycles. The van der Waals surface area contributed by atoms with Crippen molar-refractivity contribution in [2.45, 2.75) is 32.2 Å². The molecule has 0 radical (unpaired) electrons. The molecule has 0 fully saturated rings. The third-order valence-corrected chi connectivity index (χ3v) is 5.87. The Kier molecular flexibility index (Phi) is 4.75. The second kappa shape index (κ2) is 7.71. The highest BCUT2D eigenvalue weighted by molar-refractivity contribution is 6.14. The molecular formula is C24H22N4O2. The summed E-state index contributed by atoms with van der Waals surface area (Å²) < 4.78 is 1.97. The van der Waals surface area contributed by atoms with E-state index in [2.05, 4.69) is 21.4 Å². The lowest BCUT2D eigenvalue weighted by Crippen LogP contribution is -2.37. The molecule has 1 N–H and O–H groups in total. The number of nitrogens with zero attached hydrogens (tertiary/aromatic N) is 3. The predicted molar refractivity (Wildman–Crippen MR) is 114 cm³/mol. The normalized spacial score (nSPS) is 21.7. The van der Waals surface area contributed by atoms with Crippen LogP contribution in [0.1, 0.15) is 41.6 Å². The maximum Gasteiger partial charge on any atom is 0.277 e. The van der Waals surface area contributed by atoms with E-state index in [-0.39, 0.29) is 17.7 Å². The molecule has 1 aliphatic heterocycles. The standard InChI is InChI=1S/C24H22N4O2/c29-23(17-7-5-16(6-8-17)14-28-12-11-25-15-28)26-18-9-10-20-19-3-1-2-4-21(19)24(30)27-22(20)13-18/h5-13,15,20H,1-4,14H2,(H,27,30). The minimum Gasteiger partial charge on any atom is -0.333 e. The number of hydrogen-bond acceptors (Lipinski definition) is 3.